The van der Waals surface area contributed by atoms with Crippen LogP contribution in [0.5, 0.6) is 0 Å². The SMILES string of the molecule is Cc1cccc(Nc2nc(N)nc3ccccc23)c1C. The van der Waals surface area contributed by atoms with Gasteiger partial charge in [-0.15, -0.1) is 0 Å². The minimum Gasteiger partial charge on any atom is -0.368 e. The molecule has 3 rings (SSSR count). The molecule has 0 fully saturated rings. The highest BCUT2D eigenvalue weighted by molar-refractivity contribution is 5.91. The molecule has 3 aromatic rings. The van der Waals surface area contributed by atoms with Crippen LogP contribution in [-0.2, 0) is 0 Å². The molecular formula is C16H16N4. The molecule has 0 amide bonds. The lowest BCUT2D eigenvalue weighted by Crippen LogP contribution is -2.02. The lowest BCUT2D eigenvalue weighted by molar-refractivity contribution is 1.23. The predicted octanol–water partition coefficient (Wildman–Crippen LogP) is 3.57. The molecule has 0 saturated heterocycles. The van der Waals surface area contributed by atoms with E-state index in [1.54, 1.807) is 0 Å². The van der Waals surface area contributed by atoms with Crippen molar-refractivity contribution in [1.82, 2.24) is 9.97 Å². The van der Waals surface area contributed by atoms with Crippen molar-refractivity contribution >= 4 is 28.4 Å². The maximum absolute atomic E-state index is 5.78. The molecule has 0 radical (unpaired) electrons. The molecule has 2 aromatic carbocycles. The van der Waals surface area contributed by atoms with Gasteiger partial charge in [-0.2, -0.15) is 4.98 Å². The molecule has 0 aliphatic rings. The lowest BCUT2D eigenvalue weighted by atomic mass is 10.1. The summed E-state index contributed by atoms with van der Waals surface area (Å²) in [6, 6.07) is 14.0. The maximum atomic E-state index is 5.78. The molecule has 0 unspecified atom stereocenters. The Morgan fingerprint density at radius 2 is 1.75 bits per heavy atom. The van der Waals surface area contributed by atoms with Crippen molar-refractivity contribution in [3.05, 3.63) is 53.6 Å². The van der Waals surface area contributed by atoms with Gasteiger partial charge < -0.3 is 11.1 Å². The summed E-state index contributed by atoms with van der Waals surface area (Å²) in [5.74, 6) is 1.01. The van der Waals surface area contributed by atoms with Crippen LogP contribution in [0.15, 0.2) is 42.5 Å². The van der Waals surface area contributed by atoms with E-state index in [9.17, 15) is 0 Å². The summed E-state index contributed by atoms with van der Waals surface area (Å²) in [5.41, 5.74) is 10.1. The van der Waals surface area contributed by atoms with Gasteiger partial charge in [-0.1, -0.05) is 24.3 Å². The number of hydrogen-bond donors (Lipinski definition) is 2. The van der Waals surface area contributed by atoms with Crippen LogP contribution < -0.4 is 11.1 Å². The minimum absolute atomic E-state index is 0.275. The third kappa shape index (κ3) is 2.16. The minimum atomic E-state index is 0.275. The van der Waals surface area contributed by atoms with Crippen LogP contribution in [0.2, 0.25) is 0 Å². The molecule has 0 aliphatic heterocycles. The van der Waals surface area contributed by atoms with Gasteiger partial charge in [-0.05, 0) is 43.2 Å². The highest BCUT2D eigenvalue weighted by atomic mass is 15.1. The summed E-state index contributed by atoms with van der Waals surface area (Å²) in [5, 5.41) is 4.33. The monoisotopic (exact) mass is 264 g/mol. The van der Waals surface area contributed by atoms with Crippen LogP contribution in [0.4, 0.5) is 17.5 Å². The van der Waals surface area contributed by atoms with Crippen molar-refractivity contribution in [1.29, 1.82) is 0 Å². The quantitative estimate of drug-likeness (QED) is 0.742. The number of hydrogen-bond acceptors (Lipinski definition) is 4. The van der Waals surface area contributed by atoms with Crippen LogP contribution in [0, 0.1) is 13.8 Å². The molecule has 0 atom stereocenters. The van der Waals surface area contributed by atoms with Gasteiger partial charge in [-0.25, -0.2) is 4.98 Å². The number of nitrogen functional groups attached to an aromatic ring is 1. The first-order chi connectivity index (χ1) is 9.65. The number of nitrogens with one attached hydrogen (secondary N) is 1. The smallest absolute Gasteiger partial charge is 0.222 e. The molecule has 100 valence electrons. The summed E-state index contributed by atoms with van der Waals surface area (Å²) in [6.07, 6.45) is 0. The van der Waals surface area contributed by atoms with Gasteiger partial charge in [0.05, 0.1) is 5.52 Å². The van der Waals surface area contributed by atoms with Gasteiger partial charge >= 0.3 is 0 Å². The number of anilines is 3. The molecule has 1 heterocycles. The Kier molecular flexibility index (Phi) is 2.99. The fourth-order valence-corrected chi connectivity index (χ4v) is 2.20. The second-order valence-electron chi connectivity index (χ2n) is 4.82. The van der Waals surface area contributed by atoms with Crippen LogP contribution in [0.1, 0.15) is 11.1 Å². The summed E-state index contributed by atoms with van der Waals surface area (Å²) in [6.45, 7) is 4.18. The van der Waals surface area contributed by atoms with Crippen LogP contribution >= 0.6 is 0 Å². The molecule has 0 bridgehead atoms. The van der Waals surface area contributed by atoms with Gasteiger partial charge in [0.25, 0.3) is 0 Å². The zero-order valence-electron chi connectivity index (χ0n) is 11.5. The van der Waals surface area contributed by atoms with E-state index < -0.39 is 0 Å². The molecule has 4 heteroatoms. The van der Waals surface area contributed by atoms with Crippen molar-refractivity contribution < 1.29 is 0 Å². The summed E-state index contributed by atoms with van der Waals surface area (Å²) in [7, 11) is 0. The van der Waals surface area contributed by atoms with E-state index in [1.165, 1.54) is 11.1 Å². The van der Waals surface area contributed by atoms with Crippen molar-refractivity contribution in [2.45, 2.75) is 13.8 Å². The second kappa shape index (κ2) is 4.81. The average Bonchev–Trinajstić information content (AvgIpc) is 2.43. The molecule has 1 aromatic heterocycles. The van der Waals surface area contributed by atoms with E-state index in [2.05, 4.69) is 35.2 Å². The average molecular weight is 264 g/mol. The fraction of sp³-hybridized carbons (Fsp3) is 0.125. The Bertz CT molecular complexity index is 781. The van der Waals surface area contributed by atoms with E-state index >= 15 is 0 Å². The summed E-state index contributed by atoms with van der Waals surface area (Å²) < 4.78 is 0. The molecule has 4 nitrogen and oxygen atoms in total. The van der Waals surface area contributed by atoms with Gasteiger partial charge in [0.15, 0.2) is 0 Å². The number of para-hydroxylation sites is 1. The van der Waals surface area contributed by atoms with E-state index in [-0.39, 0.29) is 5.95 Å². The summed E-state index contributed by atoms with van der Waals surface area (Å²) >= 11 is 0. The topological polar surface area (TPSA) is 63.8 Å². The lowest BCUT2D eigenvalue weighted by Gasteiger charge is -2.12. The number of fused-ring (bicyclic) bond motifs is 1. The maximum Gasteiger partial charge on any atom is 0.222 e. The number of benzene rings is 2. The van der Waals surface area contributed by atoms with Crippen molar-refractivity contribution in [2.24, 2.45) is 0 Å². The Labute approximate surface area is 117 Å². The van der Waals surface area contributed by atoms with Crippen LogP contribution in [-0.4, -0.2) is 9.97 Å². The van der Waals surface area contributed by atoms with Crippen molar-refractivity contribution in [2.75, 3.05) is 11.1 Å². The number of nitrogens with two attached hydrogens (primary N) is 1. The molecule has 3 N–H and O–H groups in total. The van der Waals surface area contributed by atoms with Crippen molar-refractivity contribution in [3.63, 3.8) is 0 Å². The Morgan fingerprint density at radius 1 is 0.950 bits per heavy atom. The first-order valence-electron chi connectivity index (χ1n) is 6.50. The molecular weight excluding hydrogens is 248 g/mol. The molecule has 20 heavy (non-hydrogen) atoms. The second-order valence-corrected chi connectivity index (χ2v) is 4.82. The number of nitrogens with zero attached hydrogens (tertiary/aromatic N) is 2. The Hall–Kier alpha value is -2.62. The van der Waals surface area contributed by atoms with E-state index in [4.69, 9.17) is 5.73 Å². The van der Waals surface area contributed by atoms with E-state index in [1.807, 2.05) is 36.4 Å². The number of aromatic nitrogens is 2. The summed E-state index contributed by atoms with van der Waals surface area (Å²) in [4.78, 5) is 8.57. The van der Waals surface area contributed by atoms with Gasteiger partial charge in [0.1, 0.15) is 5.82 Å². The standard InChI is InChI=1S/C16H16N4/c1-10-6-5-9-13(11(10)2)18-15-12-7-3-4-8-14(12)19-16(17)20-15/h3-9H,1-2H3,(H3,17,18,19,20). The van der Waals surface area contributed by atoms with Crippen molar-refractivity contribution in [3.8, 4) is 0 Å². The normalized spacial score (nSPS) is 10.7. The first-order valence-corrected chi connectivity index (χ1v) is 6.50. The zero-order chi connectivity index (χ0) is 14.1. The Balaban J connectivity index is 2.13. The van der Waals surface area contributed by atoms with Gasteiger partial charge in [-0.3, -0.25) is 0 Å². The third-order valence-corrected chi connectivity index (χ3v) is 3.48. The van der Waals surface area contributed by atoms with E-state index in [0.29, 0.717) is 0 Å². The first kappa shape index (κ1) is 12.4. The highest BCUT2D eigenvalue weighted by Crippen LogP contribution is 2.27. The molecule has 0 aliphatic carbocycles. The number of rotatable bonds is 2. The van der Waals surface area contributed by atoms with Crippen LogP contribution in [0.3, 0.4) is 0 Å². The number of aryl methyl sites for hydroxylation is 1. The molecule has 0 spiro atoms. The van der Waals surface area contributed by atoms with Crippen LogP contribution in [0.25, 0.3) is 10.9 Å². The largest absolute Gasteiger partial charge is 0.368 e. The fourth-order valence-electron chi connectivity index (χ4n) is 2.20. The van der Waals surface area contributed by atoms with Gasteiger partial charge in [0, 0.05) is 11.1 Å². The predicted molar refractivity (Wildman–Crippen MR) is 83.1 cm³/mol. The zero-order valence-corrected chi connectivity index (χ0v) is 11.5. The highest BCUT2D eigenvalue weighted by Gasteiger charge is 2.07. The molecule has 0 saturated carbocycles. The van der Waals surface area contributed by atoms with E-state index in [0.717, 1.165) is 22.4 Å². The van der Waals surface area contributed by atoms with Gasteiger partial charge in [0.2, 0.25) is 5.95 Å². The Morgan fingerprint density at radius 3 is 2.60 bits per heavy atom. The third-order valence-electron chi connectivity index (χ3n) is 3.48.